The topological polar surface area (TPSA) is 63.9 Å². The Hall–Kier alpha value is -2.76. The van der Waals surface area contributed by atoms with Gasteiger partial charge >= 0.3 is 0 Å². The molecular formula is C21H23N5O. The van der Waals surface area contributed by atoms with Crippen molar-refractivity contribution in [3.05, 3.63) is 54.2 Å². The zero-order valence-corrected chi connectivity index (χ0v) is 15.3. The summed E-state index contributed by atoms with van der Waals surface area (Å²) in [5, 5.41) is 0. The molecule has 0 unspecified atom stereocenters. The van der Waals surface area contributed by atoms with Crippen LogP contribution in [0.25, 0.3) is 11.2 Å². The Morgan fingerprint density at radius 2 is 1.85 bits per heavy atom. The average Bonchev–Trinajstić information content (AvgIpc) is 3.46. The number of carbonyl (C=O) groups excluding carboxylic acids is 1. The van der Waals surface area contributed by atoms with Crippen molar-refractivity contribution >= 4 is 17.1 Å². The summed E-state index contributed by atoms with van der Waals surface area (Å²) in [4.78, 5) is 28.5. The lowest BCUT2D eigenvalue weighted by Gasteiger charge is -2.20. The van der Waals surface area contributed by atoms with Gasteiger partial charge in [-0.2, -0.15) is 0 Å². The minimum Gasteiger partial charge on any atom is -0.335 e. The molecule has 6 heteroatoms. The molecule has 0 aromatic carbocycles. The summed E-state index contributed by atoms with van der Waals surface area (Å²) >= 11 is 0. The minimum atomic E-state index is 0.0119. The first kappa shape index (κ1) is 16.4. The van der Waals surface area contributed by atoms with Gasteiger partial charge in [-0.25, -0.2) is 9.97 Å². The Kier molecular flexibility index (Phi) is 4.11. The Balaban J connectivity index is 1.47. The van der Waals surface area contributed by atoms with Gasteiger partial charge in [0.15, 0.2) is 5.65 Å². The number of nitrogens with zero attached hydrogens (tertiary/aromatic N) is 5. The van der Waals surface area contributed by atoms with Crippen LogP contribution >= 0.6 is 0 Å². The van der Waals surface area contributed by atoms with Crippen LogP contribution in [-0.2, 0) is 0 Å². The van der Waals surface area contributed by atoms with E-state index in [0.717, 1.165) is 24.1 Å². The van der Waals surface area contributed by atoms with Crippen molar-refractivity contribution in [2.45, 2.75) is 44.1 Å². The molecule has 3 aromatic heterocycles. The van der Waals surface area contributed by atoms with E-state index in [1.165, 1.54) is 31.5 Å². The number of pyridine rings is 2. The maximum absolute atomic E-state index is 12.8. The molecule has 1 amide bonds. The molecule has 3 aromatic rings. The third-order valence-electron chi connectivity index (χ3n) is 5.90. The number of likely N-dealkylation sites (tertiary alicyclic amines) is 1. The second-order valence-electron chi connectivity index (χ2n) is 7.58. The third-order valence-corrected chi connectivity index (χ3v) is 5.90. The van der Waals surface area contributed by atoms with Gasteiger partial charge in [0.1, 0.15) is 17.0 Å². The van der Waals surface area contributed by atoms with Crippen LogP contribution in [0.5, 0.6) is 0 Å². The van der Waals surface area contributed by atoms with Crippen LogP contribution in [0.4, 0.5) is 0 Å². The highest BCUT2D eigenvalue weighted by Crippen LogP contribution is 2.38. The Bertz CT molecular complexity index is 961. The predicted molar refractivity (Wildman–Crippen MR) is 103 cm³/mol. The van der Waals surface area contributed by atoms with E-state index in [1.807, 2.05) is 35.4 Å². The number of fused-ring (bicyclic) bond motifs is 1. The number of imidazole rings is 1. The molecule has 0 radical (unpaired) electrons. The van der Waals surface area contributed by atoms with E-state index < -0.39 is 0 Å². The first-order valence-corrected chi connectivity index (χ1v) is 9.84. The van der Waals surface area contributed by atoms with Crippen molar-refractivity contribution in [3.8, 4) is 0 Å². The quantitative estimate of drug-likeness (QED) is 0.715. The largest absolute Gasteiger partial charge is 0.335 e. The van der Waals surface area contributed by atoms with Gasteiger partial charge in [0.25, 0.3) is 5.91 Å². The average molecular weight is 361 g/mol. The number of aromatic nitrogens is 4. The third kappa shape index (κ3) is 2.89. The molecular weight excluding hydrogens is 338 g/mol. The van der Waals surface area contributed by atoms with E-state index in [1.54, 1.807) is 12.3 Å². The van der Waals surface area contributed by atoms with E-state index in [2.05, 4.69) is 14.5 Å². The van der Waals surface area contributed by atoms with Crippen molar-refractivity contribution in [1.82, 2.24) is 24.4 Å². The second-order valence-corrected chi connectivity index (χ2v) is 7.58. The molecule has 1 aliphatic carbocycles. The Morgan fingerprint density at radius 1 is 1.00 bits per heavy atom. The molecule has 0 bridgehead atoms. The zero-order chi connectivity index (χ0) is 18.2. The number of rotatable bonds is 3. The highest BCUT2D eigenvalue weighted by atomic mass is 16.2. The van der Waals surface area contributed by atoms with E-state index in [4.69, 9.17) is 4.98 Å². The lowest BCUT2D eigenvalue weighted by molar-refractivity contribution is 0.0782. The summed E-state index contributed by atoms with van der Waals surface area (Å²) < 4.78 is 2.33. The Labute approximate surface area is 158 Å². The molecule has 138 valence electrons. The molecule has 2 fully saturated rings. The van der Waals surface area contributed by atoms with Crippen molar-refractivity contribution in [2.75, 3.05) is 13.1 Å². The maximum atomic E-state index is 12.8. The molecule has 1 saturated heterocycles. The van der Waals surface area contributed by atoms with Crippen LogP contribution in [0.1, 0.15) is 60.4 Å². The van der Waals surface area contributed by atoms with Gasteiger partial charge in [-0.3, -0.25) is 9.78 Å². The normalized spacial score (nSPS) is 20.6. The van der Waals surface area contributed by atoms with Crippen molar-refractivity contribution in [3.63, 3.8) is 0 Å². The monoisotopic (exact) mass is 361 g/mol. The second kappa shape index (κ2) is 6.76. The number of carbonyl (C=O) groups is 1. The summed E-state index contributed by atoms with van der Waals surface area (Å²) in [5.74, 6) is 1.69. The van der Waals surface area contributed by atoms with Gasteiger partial charge < -0.3 is 9.47 Å². The first-order valence-electron chi connectivity index (χ1n) is 9.84. The van der Waals surface area contributed by atoms with E-state index >= 15 is 0 Å². The highest BCUT2D eigenvalue weighted by Gasteiger charge is 2.33. The van der Waals surface area contributed by atoms with E-state index in [9.17, 15) is 4.79 Å². The molecule has 0 spiro atoms. The summed E-state index contributed by atoms with van der Waals surface area (Å²) in [7, 11) is 0. The fourth-order valence-electron chi connectivity index (χ4n) is 4.57. The summed E-state index contributed by atoms with van der Waals surface area (Å²) in [6.45, 7) is 1.44. The van der Waals surface area contributed by atoms with Gasteiger partial charge in [0.2, 0.25) is 0 Å². The molecule has 5 rings (SSSR count). The van der Waals surface area contributed by atoms with Crippen LogP contribution in [0.15, 0.2) is 42.7 Å². The maximum Gasteiger partial charge on any atom is 0.272 e. The van der Waals surface area contributed by atoms with Crippen molar-refractivity contribution in [2.24, 2.45) is 0 Å². The molecule has 0 N–H and O–H groups in total. The SMILES string of the molecule is O=C(c1ccccn1)N1CC[C@H](n2c(C3CCCC3)nc3cccnc32)C1. The molecule has 27 heavy (non-hydrogen) atoms. The number of hydrogen-bond acceptors (Lipinski definition) is 4. The van der Waals surface area contributed by atoms with Crippen LogP contribution in [0.2, 0.25) is 0 Å². The number of amides is 1. The van der Waals surface area contributed by atoms with Gasteiger partial charge in [-0.05, 0) is 43.5 Å². The van der Waals surface area contributed by atoms with Crippen molar-refractivity contribution < 1.29 is 4.79 Å². The van der Waals surface area contributed by atoms with Gasteiger partial charge in [-0.1, -0.05) is 18.9 Å². The molecule has 1 saturated carbocycles. The van der Waals surface area contributed by atoms with Crippen LogP contribution < -0.4 is 0 Å². The fraction of sp³-hybridized carbons (Fsp3) is 0.429. The highest BCUT2D eigenvalue weighted by molar-refractivity contribution is 5.92. The Morgan fingerprint density at radius 3 is 2.67 bits per heavy atom. The van der Waals surface area contributed by atoms with Crippen molar-refractivity contribution in [1.29, 1.82) is 0 Å². The molecule has 6 nitrogen and oxygen atoms in total. The zero-order valence-electron chi connectivity index (χ0n) is 15.3. The number of hydrogen-bond donors (Lipinski definition) is 0. The van der Waals surface area contributed by atoms with Gasteiger partial charge in [0, 0.05) is 31.4 Å². The van der Waals surface area contributed by atoms with Crippen LogP contribution in [0, 0.1) is 0 Å². The van der Waals surface area contributed by atoms with Crippen LogP contribution in [-0.4, -0.2) is 43.4 Å². The smallest absolute Gasteiger partial charge is 0.272 e. The molecule has 1 aliphatic heterocycles. The minimum absolute atomic E-state index is 0.0119. The summed E-state index contributed by atoms with van der Waals surface area (Å²) in [6, 6.07) is 9.70. The standard InChI is InChI=1S/C21H23N5O/c27-21(18-8-3-4-11-22-18)25-13-10-16(14-25)26-19(15-6-1-2-7-15)24-17-9-5-12-23-20(17)26/h3-5,8-9,11-12,15-16H,1-2,6-7,10,13-14H2/t16-/m0/s1. The fourth-order valence-corrected chi connectivity index (χ4v) is 4.57. The van der Waals surface area contributed by atoms with Crippen LogP contribution in [0.3, 0.4) is 0 Å². The predicted octanol–water partition coefficient (Wildman–Crippen LogP) is 3.57. The first-order chi connectivity index (χ1) is 13.3. The molecule has 4 heterocycles. The lowest BCUT2D eigenvalue weighted by atomic mass is 10.1. The molecule has 2 aliphatic rings. The van der Waals surface area contributed by atoms with E-state index in [-0.39, 0.29) is 11.9 Å². The summed E-state index contributed by atoms with van der Waals surface area (Å²) in [6.07, 6.45) is 9.39. The van der Waals surface area contributed by atoms with Gasteiger partial charge in [-0.15, -0.1) is 0 Å². The lowest BCUT2D eigenvalue weighted by Crippen LogP contribution is -2.30. The van der Waals surface area contributed by atoms with E-state index in [0.29, 0.717) is 18.2 Å². The van der Waals surface area contributed by atoms with Gasteiger partial charge in [0.05, 0.1) is 6.04 Å². The molecule has 1 atom stereocenters. The summed E-state index contributed by atoms with van der Waals surface area (Å²) in [5.41, 5.74) is 2.44.